The highest BCUT2D eigenvalue weighted by Crippen LogP contribution is 2.18. The van der Waals surface area contributed by atoms with E-state index < -0.39 is 0 Å². The lowest BCUT2D eigenvalue weighted by molar-refractivity contribution is 0.628. The smallest absolute Gasteiger partial charge is 0.125 e. The molecule has 2 nitrogen and oxygen atoms in total. The molecule has 0 unspecified atom stereocenters. The Labute approximate surface area is 110 Å². The van der Waals surface area contributed by atoms with Gasteiger partial charge in [0.1, 0.15) is 5.82 Å². The first-order valence-electron chi connectivity index (χ1n) is 6.00. The molecule has 0 fully saturated rings. The summed E-state index contributed by atoms with van der Waals surface area (Å²) in [5.41, 5.74) is 2.61. The van der Waals surface area contributed by atoms with Crippen LogP contribution in [0.3, 0.4) is 0 Å². The van der Waals surface area contributed by atoms with E-state index >= 15 is 0 Å². The Hall–Kier alpha value is -2.60. The van der Waals surface area contributed by atoms with Crippen LogP contribution in [0.1, 0.15) is 11.1 Å². The predicted octanol–water partition coefficient (Wildman–Crippen LogP) is 3.70. The normalized spacial score (nSPS) is 10.5. The molecule has 0 spiro atoms. The van der Waals surface area contributed by atoms with Crippen LogP contribution in [0.4, 0.5) is 4.39 Å². The number of hydrogen-bond donors (Lipinski definition) is 0. The maximum atomic E-state index is 13.3. The van der Waals surface area contributed by atoms with Gasteiger partial charge in [-0.25, -0.2) is 4.39 Å². The second-order valence-electron chi connectivity index (χ2n) is 4.46. The SMILES string of the molecule is N#Cc1ccc(Cn2ccc3ccc(F)cc32)cc1. The number of nitriles is 1. The van der Waals surface area contributed by atoms with Crippen LogP contribution in [-0.4, -0.2) is 4.57 Å². The molecule has 0 aliphatic heterocycles. The zero-order valence-electron chi connectivity index (χ0n) is 10.2. The lowest BCUT2D eigenvalue weighted by Crippen LogP contribution is -1.97. The maximum Gasteiger partial charge on any atom is 0.125 e. The number of benzene rings is 2. The molecule has 0 atom stereocenters. The fourth-order valence-corrected chi connectivity index (χ4v) is 2.18. The molecule has 0 N–H and O–H groups in total. The van der Waals surface area contributed by atoms with Crippen molar-refractivity contribution in [2.75, 3.05) is 0 Å². The Balaban J connectivity index is 1.96. The summed E-state index contributed by atoms with van der Waals surface area (Å²) in [6.07, 6.45) is 1.95. The van der Waals surface area contributed by atoms with Crippen molar-refractivity contribution in [3.8, 4) is 6.07 Å². The molecular formula is C16H11FN2. The summed E-state index contributed by atoms with van der Waals surface area (Å²) in [5.74, 6) is -0.229. The third-order valence-corrected chi connectivity index (χ3v) is 3.17. The van der Waals surface area contributed by atoms with Crippen LogP contribution >= 0.6 is 0 Å². The van der Waals surface area contributed by atoms with E-state index in [1.54, 1.807) is 24.3 Å². The molecule has 0 aliphatic carbocycles. The molecule has 19 heavy (non-hydrogen) atoms. The highest BCUT2D eigenvalue weighted by atomic mass is 19.1. The maximum absolute atomic E-state index is 13.3. The van der Waals surface area contributed by atoms with Crippen LogP contribution < -0.4 is 0 Å². The van der Waals surface area contributed by atoms with E-state index in [2.05, 4.69) is 6.07 Å². The Bertz CT molecular complexity index is 764. The number of halogens is 1. The fourth-order valence-electron chi connectivity index (χ4n) is 2.18. The first-order valence-corrected chi connectivity index (χ1v) is 6.00. The molecule has 2 aromatic carbocycles. The van der Waals surface area contributed by atoms with Gasteiger partial charge in [0.25, 0.3) is 0 Å². The molecule has 0 saturated carbocycles. The largest absolute Gasteiger partial charge is 0.343 e. The van der Waals surface area contributed by atoms with Crippen molar-refractivity contribution in [2.24, 2.45) is 0 Å². The van der Waals surface area contributed by atoms with E-state index in [1.165, 1.54) is 6.07 Å². The summed E-state index contributed by atoms with van der Waals surface area (Å²) in [6.45, 7) is 0.665. The molecule has 3 heteroatoms. The van der Waals surface area contributed by atoms with Gasteiger partial charge in [0, 0.05) is 12.7 Å². The zero-order chi connectivity index (χ0) is 13.2. The van der Waals surface area contributed by atoms with Crippen LogP contribution in [0.5, 0.6) is 0 Å². The number of nitrogens with zero attached hydrogens (tertiary/aromatic N) is 2. The topological polar surface area (TPSA) is 28.7 Å². The van der Waals surface area contributed by atoms with Gasteiger partial charge in [-0.2, -0.15) is 5.26 Å². The zero-order valence-corrected chi connectivity index (χ0v) is 10.2. The van der Waals surface area contributed by atoms with Gasteiger partial charge in [-0.05, 0) is 47.3 Å². The van der Waals surface area contributed by atoms with Gasteiger partial charge in [0.15, 0.2) is 0 Å². The van der Waals surface area contributed by atoms with Gasteiger partial charge >= 0.3 is 0 Å². The van der Waals surface area contributed by atoms with Crippen molar-refractivity contribution < 1.29 is 4.39 Å². The summed E-state index contributed by atoms with van der Waals surface area (Å²) in [7, 11) is 0. The average molecular weight is 250 g/mol. The summed E-state index contributed by atoms with van der Waals surface area (Å²) in [6, 6.07) is 16.3. The van der Waals surface area contributed by atoms with Crippen LogP contribution in [0.25, 0.3) is 10.9 Å². The molecule has 0 saturated heterocycles. The first kappa shape index (κ1) is 11.5. The minimum atomic E-state index is -0.229. The van der Waals surface area contributed by atoms with Crippen molar-refractivity contribution in [1.29, 1.82) is 5.26 Å². The highest BCUT2D eigenvalue weighted by molar-refractivity contribution is 5.80. The van der Waals surface area contributed by atoms with Crippen LogP contribution in [0.15, 0.2) is 54.7 Å². The Kier molecular flexibility index (Phi) is 2.77. The highest BCUT2D eigenvalue weighted by Gasteiger charge is 2.03. The van der Waals surface area contributed by atoms with Crippen molar-refractivity contribution in [3.63, 3.8) is 0 Å². The molecule has 92 valence electrons. The predicted molar refractivity (Wildman–Crippen MR) is 72.2 cm³/mol. The van der Waals surface area contributed by atoms with Crippen LogP contribution in [0.2, 0.25) is 0 Å². The minimum Gasteiger partial charge on any atom is -0.343 e. The molecule has 0 amide bonds. The average Bonchev–Trinajstić information content (AvgIpc) is 2.82. The van der Waals surface area contributed by atoms with Crippen molar-refractivity contribution in [1.82, 2.24) is 4.57 Å². The summed E-state index contributed by atoms with van der Waals surface area (Å²) in [5, 5.41) is 9.78. The second-order valence-corrected chi connectivity index (χ2v) is 4.46. The summed E-state index contributed by atoms with van der Waals surface area (Å²) < 4.78 is 15.3. The molecular weight excluding hydrogens is 239 g/mol. The fraction of sp³-hybridized carbons (Fsp3) is 0.0625. The van der Waals surface area contributed by atoms with Gasteiger partial charge in [0.05, 0.1) is 17.1 Å². The molecule has 0 radical (unpaired) electrons. The molecule has 1 aromatic heterocycles. The van der Waals surface area contributed by atoms with E-state index in [-0.39, 0.29) is 5.82 Å². The van der Waals surface area contributed by atoms with E-state index in [0.717, 1.165) is 16.5 Å². The number of fused-ring (bicyclic) bond motifs is 1. The van der Waals surface area contributed by atoms with Gasteiger partial charge in [-0.1, -0.05) is 12.1 Å². The van der Waals surface area contributed by atoms with Crippen LogP contribution in [0, 0.1) is 17.1 Å². The van der Waals surface area contributed by atoms with E-state index in [1.807, 2.05) is 29.0 Å². The molecule has 3 aromatic rings. The first-order chi connectivity index (χ1) is 9.26. The van der Waals surface area contributed by atoms with Crippen molar-refractivity contribution >= 4 is 10.9 Å². The molecule has 0 aliphatic rings. The third kappa shape index (κ3) is 2.21. The number of aromatic nitrogens is 1. The monoisotopic (exact) mass is 250 g/mol. The van der Waals surface area contributed by atoms with E-state index in [0.29, 0.717) is 12.1 Å². The Morgan fingerprint density at radius 1 is 1.05 bits per heavy atom. The minimum absolute atomic E-state index is 0.229. The summed E-state index contributed by atoms with van der Waals surface area (Å²) in [4.78, 5) is 0. The van der Waals surface area contributed by atoms with Gasteiger partial charge in [0.2, 0.25) is 0 Å². The van der Waals surface area contributed by atoms with E-state index in [9.17, 15) is 4.39 Å². The lowest BCUT2D eigenvalue weighted by atomic mass is 10.1. The standard InChI is InChI=1S/C16H11FN2/c17-15-6-5-14-7-8-19(16(14)9-15)11-13-3-1-12(10-18)2-4-13/h1-9H,11H2. The van der Waals surface area contributed by atoms with Crippen LogP contribution in [-0.2, 0) is 6.54 Å². The quantitative estimate of drug-likeness (QED) is 0.681. The molecule has 3 rings (SSSR count). The Morgan fingerprint density at radius 2 is 1.84 bits per heavy atom. The Morgan fingerprint density at radius 3 is 2.58 bits per heavy atom. The number of rotatable bonds is 2. The molecule has 0 bridgehead atoms. The third-order valence-electron chi connectivity index (χ3n) is 3.17. The van der Waals surface area contributed by atoms with Crippen molar-refractivity contribution in [2.45, 2.75) is 6.54 Å². The molecule has 1 heterocycles. The van der Waals surface area contributed by atoms with E-state index in [4.69, 9.17) is 5.26 Å². The van der Waals surface area contributed by atoms with Crippen molar-refractivity contribution in [3.05, 3.63) is 71.7 Å². The second kappa shape index (κ2) is 4.58. The van der Waals surface area contributed by atoms with Gasteiger partial charge in [-0.15, -0.1) is 0 Å². The lowest BCUT2D eigenvalue weighted by Gasteiger charge is -2.06. The summed E-state index contributed by atoms with van der Waals surface area (Å²) >= 11 is 0. The van der Waals surface area contributed by atoms with Gasteiger partial charge in [-0.3, -0.25) is 0 Å². The van der Waals surface area contributed by atoms with Gasteiger partial charge < -0.3 is 4.57 Å². The number of hydrogen-bond acceptors (Lipinski definition) is 1.